The second-order valence-corrected chi connectivity index (χ2v) is 4.52. The zero-order chi connectivity index (χ0) is 9.19. The molecule has 1 saturated carbocycles. The molecule has 0 amide bonds. The molecule has 0 saturated heterocycles. The third kappa shape index (κ3) is 1.73. The molecule has 0 aliphatic heterocycles. The van der Waals surface area contributed by atoms with E-state index in [9.17, 15) is 4.79 Å². The number of allylic oxidation sites excluding steroid dienone is 1. The van der Waals surface area contributed by atoms with Crippen molar-refractivity contribution in [2.75, 3.05) is 0 Å². The van der Waals surface area contributed by atoms with Crippen LogP contribution in [-0.2, 0) is 4.79 Å². The largest absolute Gasteiger partial charge is 0.294 e. The Bertz CT molecular complexity index is 202. The minimum Gasteiger partial charge on any atom is -0.294 e. The summed E-state index contributed by atoms with van der Waals surface area (Å²) < 4.78 is 1.82. The molecule has 0 aromatic rings. The van der Waals surface area contributed by atoms with Crippen LogP contribution in [0.2, 0.25) is 0 Å². The quantitative estimate of drug-likeness (QED) is 0.571. The van der Waals surface area contributed by atoms with E-state index in [4.69, 9.17) is 0 Å². The highest BCUT2D eigenvalue weighted by Crippen LogP contribution is 2.48. The van der Waals surface area contributed by atoms with Gasteiger partial charge in [-0.15, -0.1) is 0 Å². The van der Waals surface area contributed by atoms with Crippen LogP contribution in [0, 0.1) is 11.3 Å². The molecule has 0 heterocycles. The summed E-state index contributed by atoms with van der Waals surface area (Å²) in [7, 11) is 0. The van der Waals surface area contributed by atoms with Crippen molar-refractivity contribution in [1.29, 1.82) is 0 Å². The van der Waals surface area contributed by atoms with Crippen LogP contribution in [0.1, 0.15) is 33.1 Å². The van der Waals surface area contributed by atoms with E-state index in [0.29, 0.717) is 5.78 Å². The van der Waals surface area contributed by atoms with E-state index in [1.165, 1.54) is 0 Å². The lowest BCUT2D eigenvalue weighted by Gasteiger charge is -2.44. The highest BCUT2D eigenvalue weighted by molar-refractivity contribution is 14.1. The zero-order valence-corrected chi connectivity index (χ0v) is 9.80. The van der Waals surface area contributed by atoms with Gasteiger partial charge in [0.15, 0.2) is 5.78 Å². The van der Waals surface area contributed by atoms with Crippen LogP contribution >= 0.6 is 22.6 Å². The number of carbonyl (C=O) groups excluding carboxylic acids is 1. The van der Waals surface area contributed by atoms with Crippen LogP contribution in [0.3, 0.4) is 0 Å². The molecule has 0 spiro atoms. The average molecular weight is 278 g/mol. The van der Waals surface area contributed by atoms with Crippen LogP contribution in [-0.4, -0.2) is 5.78 Å². The van der Waals surface area contributed by atoms with E-state index in [2.05, 4.69) is 36.4 Å². The summed E-state index contributed by atoms with van der Waals surface area (Å²) in [6.07, 6.45) is 4.89. The Morgan fingerprint density at radius 1 is 1.67 bits per heavy atom. The maximum atomic E-state index is 11.6. The van der Waals surface area contributed by atoms with Gasteiger partial charge in [0.05, 0.1) is 0 Å². The number of hydrogen-bond donors (Lipinski definition) is 0. The minimum absolute atomic E-state index is 0.0150. The molecule has 0 unspecified atom stereocenters. The van der Waals surface area contributed by atoms with Gasteiger partial charge in [-0.05, 0) is 35.3 Å². The van der Waals surface area contributed by atoms with Crippen LogP contribution in [0.15, 0.2) is 10.2 Å². The molecule has 1 aliphatic rings. The number of rotatable bonds is 3. The summed E-state index contributed by atoms with van der Waals surface area (Å²) in [5.74, 6) is 1.08. The molecule has 12 heavy (non-hydrogen) atoms. The van der Waals surface area contributed by atoms with Crippen molar-refractivity contribution in [3.8, 4) is 0 Å². The van der Waals surface area contributed by atoms with Gasteiger partial charge in [0, 0.05) is 5.41 Å². The molecule has 68 valence electrons. The van der Waals surface area contributed by atoms with Crippen LogP contribution in [0.25, 0.3) is 0 Å². The predicted octanol–water partition coefficient (Wildman–Crippen LogP) is 3.33. The van der Waals surface area contributed by atoms with Crippen LogP contribution < -0.4 is 0 Å². The van der Waals surface area contributed by atoms with Crippen LogP contribution in [0.4, 0.5) is 0 Å². The number of hydrogen-bond acceptors (Lipinski definition) is 1. The van der Waals surface area contributed by atoms with Crippen LogP contribution in [0.5, 0.6) is 0 Å². The van der Waals surface area contributed by atoms with Gasteiger partial charge in [0.2, 0.25) is 0 Å². The van der Waals surface area contributed by atoms with Crippen molar-refractivity contribution in [1.82, 2.24) is 0 Å². The van der Waals surface area contributed by atoms with Crippen molar-refractivity contribution in [3.63, 3.8) is 0 Å². The minimum atomic E-state index is 0.0150. The van der Waals surface area contributed by atoms with E-state index >= 15 is 0 Å². The Kier molecular flexibility index (Phi) is 3.32. The lowest BCUT2D eigenvalue weighted by Crippen LogP contribution is -2.41. The van der Waals surface area contributed by atoms with E-state index < -0.39 is 0 Å². The van der Waals surface area contributed by atoms with E-state index in [0.717, 1.165) is 25.2 Å². The van der Waals surface area contributed by atoms with Gasteiger partial charge in [-0.25, -0.2) is 0 Å². The first-order valence-corrected chi connectivity index (χ1v) is 5.70. The summed E-state index contributed by atoms with van der Waals surface area (Å²) in [4.78, 5) is 11.6. The third-order valence-corrected chi connectivity index (χ3v) is 3.25. The molecule has 1 aliphatic carbocycles. The Morgan fingerprint density at radius 3 is 2.58 bits per heavy atom. The van der Waals surface area contributed by atoms with Gasteiger partial charge in [-0.1, -0.05) is 36.4 Å². The van der Waals surface area contributed by atoms with Crippen molar-refractivity contribution < 1.29 is 4.79 Å². The molecule has 0 aromatic heterocycles. The van der Waals surface area contributed by atoms with Gasteiger partial charge in [0.25, 0.3) is 0 Å². The number of ketones is 1. The standard InChI is InChI=1S/C10H15IO/c1-3-10(6-8(2)7-10)9(12)4-5-11/h4-5,8H,3,6-7H2,1-2H3. The molecular weight excluding hydrogens is 263 g/mol. The first kappa shape index (κ1) is 10.2. The average Bonchev–Trinajstić information content (AvgIpc) is 1.98. The summed E-state index contributed by atoms with van der Waals surface area (Å²) >= 11 is 2.10. The molecule has 1 fully saturated rings. The molecule has 0 bridgehead atoms. The Balaban J connectivity index is 2.63. The number of halogens is 1. The van der Waals surface area contributed by atoms with E-state index in [-0.39, 0.29) is 5.41 Å². The fourth-order valence-corrected chi connectivity index (χ4v) is 2.50. The first-order valence-electron chi connectivity index (χ1n) is 4.46. The van der Waals surface area contributed by atoms with Gasteiger partial charge in [-0.2, -0.15) is 0 Å². The van der Waals surface area contributed by atoms with Gasteiger partial charge < -0.3 is 0 Å². The normalized spacial score (nSPS) is 35.1. The Hall–Kier alpha value is 0.140. The van der Waals surface area contributed by atoms with Gasteiger partial charge >= 0.3 is 0 Å². The monoisotopic (exact) mass is 278 g/mol. The van der Waals surface area contributed by atoms with Crippen molar-refractivity contribution in [2.24, 2.45) is 11.3 Å². The Morgan fingerprint density at radius 2 is 2.25 bits per heavy atom. The Labute approximate surface area is 87.8 Å². The fraction of sp³-hybridized carbons (Fsp3) is 0.700. The summed E-state index contributed by atoms with van der Waals surface area (Å²) in [5.41, 5.74) is 0.0150. The van der Waals surface area contributed by atoms with E-state index in [1.807, 2.05) is 4.08 Å². The number of carbonyl (C=O) groups is 1. The van der Waals surface area contributed by atoms with Gasteiger partial charge in [0.1, 0.15) is 0 Å². The summed E-state index contributed by atoms with van der Waals surface area (Å²) in [5, 5.41) is 0. The summed E-state index contributed by atoms with van der Waals surface area (Å²) in [6, 6.07) is 0. The molecule has 0 N–H and O–H groups in total. The molecule has 1 nitrogen and oxygen atoms in total. The fourth-order valence-electron chi connectivity index (χ4n) is 2.17. The van der Waals surface area contributed by atoms with Crippen molar-refractivity contribution in [2.45, 2.75) is 33.1 Å². The van der Waals surface area contributed by atoms with E-state index in [1.54, 1.807) is 6.08 Å². The lowest BCUT2D eigenvalue weighted by atomic mass is 9.59. The molecule has 0 atom stereocenters. The SMILES string of the molecule is CCC1(C(=O)C=CI)CC(C)C1. The molecule has 1 rings (SSSR count). The summed E-state index contributed by atoms with van der Waals surface area (Å²) in [6.45, 7) is 4.33. The molecule has 2 heteroatoms. The topological polar surface area (TPSA) is 17.1 Å². The highest BCUT2D eigenvalue weighted by atomic mass is 127. The highest BCUT2D eigenvalue weighted by Gasteiger charge is 2.44. The second-order valence-electron chi connectivity index (χ2n) is 3.80. The third-order valence-electron chi connectivity index (χ3n) is 2.89. The zero-order valence-electron chi connectivity index (χ0n) is 7.64. The van der Waals surface area contributed by atoms with Gasteiger partial charge in [-0.3, -0.25) is 4.79 Å². The van der Waals surface area contributed by atoms with Crippen molar-refractivity contribution >= 4 is 28.4 Å². The second kappa shape index (κ2) is 3.90. The first-order chi connectivity index (χ1) is 5.64. The predicted molar refractivity (Wildman–Crippen MR) is 59.3 cm³/mol. The molecule has 0 aromatic carbocycles. The maximum Gasteiger partial charge on any atom is 0.162 e. The maximum absolute atomic E-state index is 11.6. The molecule has 0 radical (unpaired) electrons. The lowest BCUT2D eigenvalue weighted by molar-refractivity contribution is -0.131. The smallest absolute Gasteiger partial charge is 0.162 e. The molecular formula is C10H15IO. The van der Waals surface area contributed by atoms with Crippen molar-refractivity contribution in [3.05, 3.63) is 10.2 Å².